The normalized spacial score (nSPS) is 10.2. The van der Waals surface area contributed by atoms with Crippen molar-refractivity contribution in [3.05, 3.63) is 53.1 Å². The number of carbonyl (C=O) groups excluding carboxylic acids is 1. The van der Waals surface area contributed by atoms with E-state index in [4.69, 9.17) is 10.5 Å². The second kappa shape index (κ2) is 5.65. The molecule has 0 bridgehead atoms. The smallest absolute Gasteiger partial charge is 0.255 e. The lowest BCUT2D eigenvalue weighted by Gasteiger charge is -2.14. The Morgan fingerprint density at radius 1 is 1.10 bits per heavy atom. The molecule has 0 heterocycles. The van der Waals surface area contributed by atoms with Crippen LogP contribution in [0.2, 0.25) is 0 Å². The number of nitrogens with two attached hydrogens (primary N) is 1. The molecule has 20 heavy (non-hydrogen) atoms. The van der Waals surface area contributed by atoms with Crippen molar-refractivity contribution in [2.45, 2.75) is 13.8 Å². The first-order chi connectivity index (χ1) is 9.52. The second-order valence-electron chi connectivity index (χ2n) is 4.66. The van der Waals surface area contributed by atoms with Crippen LogP contribution in [0, 0.1) is 13.8 Å². The lowest BCUT2D eigenvalue weighted by Crippen LogP contribution is -2.13. The van der Waals surface area contributed by atoms with Gasteiger partial charge in [0.25, 0.3) is 5.91 Å². The molecule has 0 radical (unpaired) electrons. The van der Waals surface area contributed by atoms with Gasteiger partial charge >= 0.3 is 0 Å². The number of ether oxygens (including phenoxy) is 1. The molecule has 0 atom stereocenters. The molecule has 2 aromatic rings. The van der Waals surface area contributed by atoms with Gasteiger partial charge in [0, 0.05) is 22.5 Å². The summed E-state index contributed by atoms with van der Waals surface area (Å²) in [6, 6.07) is 10.6. The minimum Gasteiger partial charge on any atom is -0.496 e. The Labute approximate surface area is 118 Å². The molecule has 0 saturated carbocycles. The Kier molecular flexibility index (Phi) is 3.94. The minimum absolute atomic E-state index is 0.168. The van der Waals surface area contributed by atoms with Gasteiger partial charge in [-0.3, -0.25) is 4.79 Å². The fraction of sp³-hybridized carbons (Fsp3) is 0.188. The second-order valence-corrected chi connectivity index (χ2v) is 4.66. The highest BCUT2D eigenvalue weighted by Gasteiger charge is 2.11. The number of rotatable bonds is 3. The molecule has 0 aliphatic carbocycles. The van der Waals surface area contributed by atoms with E-state index in [9.17, 15) is 4.79 Å². The van der Waals surface area contributed by atoms with E-state index in [1.165, 1.54) is 0 Å². The number of hydrogen-bond acceptors (Lipinski definition) is 3. The maximum Gasteiger partial charge on any atom is 0.255 e. The van der Waals surface area contributed by atoms with E-state index in [1.807, 2.05) is 26.0 Å². The van der Waals surface area contributed by atoms with Crippen LogP contribution in [0.3, 0.4) is 0 Å². The highest BCUT2D eigenvalue weighted by molar-refractivity contribution is 6.05. The number of amides is 1. The van der Waals surface area contributed by atoms with E-state index in [2.05, 4.69) is 5.32 Å². The van der Waals surface area contributed by atoms with Gasteiger partial charge in [-0.05, 0) is 49.7 Å². The number of anilines is 2. The van der Waals surface area contributed by atoms with Gasteiger partial charge in [0.1, 0.15) is 5.75 Å². The number of aryl methyl sites for hydroxylation is 1. The predicted molar refractivity (Wildman–Crippen MR) is 81.3 cm³/mol. The van der Waals surface area contributed by atoms with E-state index in [0.717, 1.165) is 22.6 Å². The van der Waals surface area contributed by atoms with Gasteiger partial charge in [0.05, 0.1) is 7.11 Å². The molecule has 4 nitrogen and oxygen atoms in total. The molecular formula is C16H18N2O2. The molecule has 2 rings (SSSR count). The van der Waals surface area contributed by atoms with Crippen LogP contribution in [0.15, 0.2) is 36.4 Å². The van der Waals surface area contributed by atoms with E-state index < -0.39 is 0 Å². The number of nitrogen functional groups attached to an aromatic ring is 1. The van der Waals surface area contributed by atoms with Crippen molar-refractivity contribution in [1.82, 2.24) is 0 Å². The first-order valence-electron chi connectivity index (χ1n) is 6.34. The largest absolute Gasteiger partial charge is 0.496 e. The summed E-state index contributed by atoms with van der Waals surface area (Å²) in [5.74, 6) is 0.624. The number of carbonyl (C=O) groups is 1. The molecule has 1 amide bonds. The quantitative estimate of drug-likeness (QED) is 0.842. The third-order valence-electron chi connectivity index (χ3n) is 3.23. The van der Waals surface area contributed by atoms with Crippen LogP contribution in [0.25, 0.3) is 0 Å². The van der Waals surface area contributed by atoms with Gasteiger partial charge in [-0.2, -0.15) is 0 Å². The first-order valence-corrected chi connectivity index (χ1v) is 6.34. The third-order valence-corrected chi connectivity index (χ3v) is 3.23. The summed E-state index contributed by atoms with van der Waals surface area (Å²) in [4.78, 5) is 12.2. The van der Waals surface area contributed by atoms with Crippen molar-refractivity contribution in [1.29, 1.82) is 0 Å². The van der Waals surface area contributed by atoms with Crippen LogP contribution in [-0.4, -0.2) is 13.0 Å². The molecule has 3 N–H and O–H groups in total. The van der Waals surface area contributed by atoms with Gasteiger partial charge in [-0.25, -0.2) is 0 Å². The number of methoxy groups -OCH3 is 1. The fourth-order valence-electron chi connectivity index (χ4n) is 2.11. The monoisotopic (exact) mass is 270 g/mol. The summed E-state index contributed by atoms with van der Waals surface area (Å²) >= 11 is 0. The fourth-order valence-corrected chi connectivity index (χ4v) is 2.11. The van der Waals surface area contributed by atoms with Crippen LogP contribution >= 0.6 is 0 Å². The Balaban J connectivity index is 2.26. The van der Waals surface area contributed by atoms with Crippen LogP contribution in [-0.2, 0) is 0 Å². The van der Waals surface area contributed by atoms with E-state index in [1.54, 1.807) is 31.4 Å². The van der Waals surface area contributed by atoms with Crippen molar-refractivity contribution in [2.24, 2.45) is 0 Å². The number of benzene rings is 2. The zero-order valence-corrected chi connectivity index (χ0v) is 11.9. The molecule has 0 spiro atoms. The highest BCUT2D eigenvalue weighted by atomic mass is 16.5. The summed E-state index contributed by atoms with van der Waals surface area (Å²) in [7, 11) is 1.63. The molecule has 0 unspecified atom stereocenters. The molecular weight excluding hydrogens is 252 g/mol. The van der Waals surface area contributed by atoms with E-state index in [0.29, 0.717) is 11.3 Å². The predicted octanol–water partition coefficient (Wildman–Crippen LogP) is 3.15. The SMILES string of the molecule is COc1c(C)ccc(NC(=O)c2ccc(N)cc2)c1C. The summed E-state index contributed by atoms with van der Waals surface area (Å²) in [5, 5.41) is 2.89. The maximum atomic E-state index is 12.2. The summed E-state index contributed by atoms with van der Waals surface area (Å²) < 4.78 is 5.35. The Bertz CT molecular complexity index is 634. The standard InChI is InChI=1S/C16H18N2O2/c1-10-4-9-14(11(2)15(10)20-3)18-16(19)12-5-7-13(17)8-6-12/h4-9H,17H2,1-3H3,(H,18,19). The van der Waals surface area contributed by atoms with Gasteiger partial charge in [0.15, 0.2) is 0 Å². The summed E-state index contributed by atoms with van der Waals surface area (Å²) in [6.45, 7) is 3.89. The Hall–Kier alpha value is -2.49. The van der Waals surface area contributed by atoms with Gasteiger partial charge in [0.2, 0.25) is 0 Å². The lowest BCUT2D eigenvalue weighted by atomic mass is 10.1. The minimum atomic E-state index is -0.168. The van der Waals surface area contributed by atoms with Gasteiger partial charge in [-0.15, -0.1) is 0 Å². The lowest BCUT2D eigenvalue weighted by molar-refractivity contribution is 0.102. The molecule has 4 heteroatoms. The van der Waals surface area contributed by atoms with Crippen molar-refractivity contribution in [3.63, 3.8) is 0 Å². The van der Waals surface area contributed by atoms with Crippen molar-refractivity contribution in [2.75, 3.05) is 18.2 Å². The van der Waals surface area contributed by atoms with Crippen LogP contribution in [0.4, 0.5) is 11.4 Å². The zero-order valence-electron chi connectivity index (χ0n) is 11.9. The molecule has 104 valence electrons. The summed E-state index contributed by atoms with van der Waals surface area (Å²) in [6.07, 6.45) is 0. The third kappa shape index (κ3) is 2.74. The molecule has 0 saturated heterocycles. The topological polar surface area (TPSA) is 64.3 Å². The van der Waals surface area contributed by atoms with Crippen LogP contribution in [0.1, 0.15) is 21.5 Å². The van der Waals surface area contributed by atoms with Crippen molar-refractivity contribution >= 4 is 17.3 Å². The molecule has 0 aliphatic rings. The Morgan fingerprint density at radius 3 is 2.35 bits per heavy atom. The van der Waals surface area contributed by atoms with Gasteiger partial charge < -0.3 is 15.8 Å². The van der Waals surface area contributed by atoms with E-state index in [-0.39, 0.29) is 5.91 Å². The molecule has 0 fully saturated rings. The molecule has 2 aromatic carbocycles. The summed E-state index contributed by atoms with van der Waals surface area (Å²) in [5.41, 5.74) is 9.51. The zero-order chi connectivity index (χ0) is 14.7. The average molecular weight is 270 g/mol. The average Bonchev–Trinajstić information content (AvgIpc) is 2.43. The van der Waals surface area contributed by atoms with Gasteiger partial charge in [-0.1, -0.05) is 6.07 Å². The van der Waals surface area contributed by atoms with Crippen molar-refractivity contribution < 1.29 is 9.53 Å². The van der Waals surface area contributed by atoms with Crippen molar-refractivity contribution in [3.8, 4) is 5.75 Å². The first kappa shape index (κ1) is 13.9. The highest BCUT2D eigenvalue weighted by Crippen LogP contribution is 2.29. The van der Waals surface area contributed by atoms with Crippen LogP contribution < -0.4 is 15.8 Å². The number of nitrogens with one attached hydrogen (secondary N) is 1. The van der Waals surface area contributed by atoms with E-state index >= 15 is 0 Å². The van der Waals surface area contributed by atoms with Crippen LogP contribution in [0.5, 0.6) is 5.75 Å². The maximum absolute atomic E-state index is 12.2. The molecule has 0 aliphatic heterocycles. The molecule has 0 aromatic heterocycles. The Morgan fingerprint density at radius 2 is 1.75 bits per heavy atom. The number of hydrogen-bond donors (Lipinski definition) is 2.